The molecule has 6 amide bonds. The van der Waals surface area contributed by atoms with Gasteiger partial charge in [0.15, 0.2) is 11.5 Å². The highest BCUT2D eigenvalue weighted by molar-refractivity contribution is 6.37. The maximum Gasteiger partial charge on any atom is 0.328 e. The molecule has 0 aliphatic carbocycles. The van der Waals surface area contributed by atoms with Gasteiger partial charge in [0.1, 0.15) is 42.4 Å². The average Bonchev–Trinajstić information content (AvgIpc) is 3.53. The van der Waals surface area contributed by atoms with E-state index in [1.54, 1.807) is 48.5 Å². The number of rotatable bonds is 20. The van der Waals surface area contributed by atoms with Crippen molar-refractivity contribution in [1.82, 2.24) is 30.8 Å². The maximum atomic E-state index is 14.7. The van der Waals surface area contributed by atoms with Crippen molar-refractivity contribution in [3.63, 3.8) is 0 Å². The Kier molecular flexibility index (Phi) is 20.3. The van der Waals surface area contributed by atoms with E-state index in [0.29, 0.717) is 6.42 Å². The lowest BCUT2D eigenvalue weighted by Gasteiger charge is -2.47. The summed E-state index contributed by atoms with van der Waals surface area (Å²) < 4.78 is 15.5. The zero-order valence-electron chi connectivity index (χ0n) is 40.0. The summed E-state index contributed by atoms with van der Waals surface area (Å²) >= 11 is 12.4. The van der Waals surface area contributed by atoms with Gasteiger partial charge in [0, 0.05) is 19.4 Å². The van der Waals surface area contributed by atoms with E-state index in [1.807, 2.05) is 0 Å². The van der Waals surface area contributed by atoms with Crippen LogP contribution in [0.5, 0.6) is 5.75 Å². The number of nitrogens with zero attached hydrogens (tertiary/aromatic N) is 3. The second-order valence-electron chi connectivity index (χ2n) is 18.2. The van der Waals surface area contributed by atoms with Crippen LogP contribution >= 0.6 is 23.2 Å². The quantitative estimate of drug-likeness (QED) is 0.0361. The fraction of sp³-hybridized carbons (Fsp3) is 0.644. The summed E-state index contributed by atoms with van der Waals surface area (Å²) in [6, 6.07) is -6.98. The van der Waals surface area contributed by atoms with Crippen LogP contribution in [0.3, 0.4) is 0 Å². The van der Waals surface area contributed by atoms with Crippen molar-refractivity contribution >= 4 is 76.7 Å². The van der Waals surface area contributed by atoms with Crippen LogP contribution in [0.15, 0.2) is 17.9 Å². The minimum Gasteiger partial charge on any atom is -0.503 e. The van der Waals surface area contributed by atoms with E-state index in [-0.39, 0.29) is 57.5 Å². The van der Waals surface area contributed by atoms with Crippen molar-refractivity contribution in [1.29, 1.82) is 0 Å². The Morgan fingerprint density at radius 1 is 0.836 bits per heavy atom. The second-order valence-corrected chi connectivity index (χ2v) is 19.1. The summed E-state index contributed by atoms with van der Waals surface area (Å²) in [7, 11) is 2.54. The van der Waals surface area contributed by atoms with Gasteiger partial charge in [-0.25, -0.2) is 9.86 Å². The molecule has 2 heterocycles. The third-order valence-corrected chi connectivity index (χ3v) is 12.1. The Morgan fingerprint density at radius 3 is 1.88 bits per heavy atom. The summed E-state index contributed by atoms with van der Waals surface area (Å²) in [6.45, 7) is 15.9. The van der Waals surface area contributed by atoms with Crippen molar-refractivity contribution in [2.45, 2.75) is 155 Å². The van der Waals surface area contributed by atoms with Crippen molar-refractivity contribution in [2.24, 2.45) is 17.8 Å². The lowest BCUT2D eigenvalue weighted by molar-refractivity contribution is -0.196. The highest BCUT2D eigenvalue weighted by Gasteiger charge is 2.51. The van der Waals surface area contributed by atoms with Crippen LogP contribution in [0, 0.1) is 17.8 Å². The summed E-state index contributed by atoms with van der Waals surface area (Å²) in [5.41, 5.74) is 0.199. The fourth-order valence-electron chi connectivity index (χ4n) is 8.30. The minimum absolute atomic E-state index is 0.0179. The molecule has 0 spiro atoms. The van der Waals surface area contributed by atoms with Crippen molar-refractivity contribution < 1.29 is 68.0 Å². The highest BCUT2D eigenvalue weighted by atomic mass is 35.5. The van der Waals surface area contributed by atoms with Gasteiger partial charge < -0.3 is 50.2 Å². The van der Waals surface area contributed by atoms with E-state index in [4.69, 9.17) is 37.4 Å². The number of aliphatic hydroxyl groups excluding tert-OH is 2. The number of methoxy groups -OCH3 is 2. The predicted molar refractivity (Wildman–Crippen MR) is 244 cm³/mol. The summed E-state index contributed by atoms with van der Waals surface area (Å²) in [6.07, 6.45) is -1.54. The zero-order valence-corrected chi connectivity index (χ0v) is 41.5. The number of ether oxygens (including phenoxy) is 3. The first-order chi connectivity index (χ1) is 31.2. The van der Waals surface area contributed by atoms with E-state index >= 15 is 0 Å². The molecular weight excluding hydrogens is 919 g/mol. The second kappa shape index (κ2) is 24.2. The van der Waals surface area contributed by atoms with E-state index in [2.05, 4.69) is 16.0 Å². The molecule has 0 bridgehead atoms. The number of halogens is 2. The molecule has 0 unspecified atom stereocenters. The van der Waals surface area contributed by atoms with Crippen LogP contribution < -0.4 is 20.7 Å². The molecule has 1 aromatic rings. The average molecular weight is 986 g/mol. The van der Waals surface area contributed by atoms with Gasteiger partial charge in [-0.1, -0.05) is 64.7 Å². The molecule has 20 nitrogen and oxygen atoms in total. The number of hydroxylamine groups is 2. The van der Waals surface area contributed by atoms with Crippen molar-refractivity contribution in [2.75, 3.05) is 14.2 Å². The standard InChI is InChI=1S/C45H66Cl2N6O14/c1-20(2)13-30(49-41(59)36(25(9)54)50-40(58)34(56)18-27-16-28(46)38(65-11)29(47)17-27)42(60)52-24(8)35(67-26(10)55)19-32(52)39(57)48-31(14-21(3)4)43(61)53(64)37(22(5)6)44(62)51-23(7)15-33(51)45(63)66-12/h16-18,20-25,30-33,35-37,54,56,64H,13-15,19H2,1-12H3,(H,48,57)(H,49,59)(H,50,58)/b34-18-/t23-,24-,25-,30+,31+,32+,33-,35+,36+,37+/m1/s1. The van der Waals surface area contributed by atoms with Gasteiger partial charge in [-0.15, -0.1) is 0 Å². The van der Waals surface area contributed by atoms with Gasteiger partial charge in [0.25, 0.3) is 11.8 Å². The zero-order chi connectivity index (χ0) is 50.9. The lowest BCUT2D eigenvalue weighted by atomic mass is 9.90. The number of carbonyl (C=O) groups excluding carboxylic acids is 8. The van der Waals surface area contributed by atoms with E-state index in [9.17, 15) is 53.8 Å². The van der Waals surface area contributed by atoms with Crippen molar-refractivity contribution in [3.8, 4) is 5.75 Å². The Bertz CT molecular complexity index is 2030. The number of esters is 2. The molecule has 10 atom stereocenters. The molecule has 1 aromatic carbocycles. The molecule has 0 radical (unpaired) electrons. The molecular formula is C45H66Cl2N6O14. The van der Waals surface area contributed by atoms with Gasteiger partial charge in [-0.05, 0) is 81.6 Å². The van der Waals surface area contributed by atoms with Gasteiger partial charge in [0.05, 0.1) is 36.4 Å². The summed E-state index contributed by atoms with van der Waals surface area (Å²) in [4.78, 5) is 111. The number of nitrogens with one attached hydrogen (secondary N) is 3. The number of amides is 6. The highest BCUT2D eigenvalue weighted by Crippen LogP contribution is 2.35. The molecule has 2 aliphatic heterocycles. The summed E-state index contributed by atoms with van der Waals surface area (Å²) in [5.74, 6) is -8.88. The monoisotopic (exact) mass is 984 g/mol. The largest absolute Gasteiger partial charge is 0.503 e. The Balaban J connectivity index is 1.95. The third-order valence-electron chi connectivity index (χ3n) is 11.6. The van der Waals surface area contributed by atoms with Crippen LogP contribution in [-0.2, 0) is 47.8 Å². The number of aliphatic hydroxyl groups is 2. The van der Waals surface area contributed by atoms with Crippen LogP contribution in [0.1, 0.15) is 100 Å². The topological polar surface area (TPSA) is 271 Å². The third kappa shape index (κ3) is 13.9. The lowest BCUT2D eigenvalue weighted by Crippen LogP contribution is -2.66. The molecule has 3 rings (SSSR count). The van der Waals surface area contributed by atoms with Crippen LogP contribution in [0.25, 0.3) is 6.08 Å². The predicted octanol–water partition coefficient (Wildman–Crippen LogP) is 3.15. The van der Waals surface area contributed by atoms with Gasteiger partial charge in [-0.3, -0.25) is 38.8 Å². The first-order valence-corrected chi connectivity index (χ1v) is 22.9. The van der Waals surface area contributed by atoms with Gasteiger partial charge >= 0.3 is 11.9 Å². The molecule has 22 heteroatoms. The SMILES string of the molecule is COC(=O)[C@H]1C[C@@H](C)N1C(=O)[C@H](C(C)C)N(O)C(=O)[C@H](CC(C)C)NC(=O)[C@@H]1C[C@H](OC(C)=O)[C@@H](C)N1C(=O)[C@H](CC(C)C)NC(=O)[C@@H](NC(=O)/C(O)=C/c1cc(Cl)c(OC)c(Cl)c1)[C@@H](C)O. The Morgan fingerprint density at radius 2 is 1.40 bits per heavy atom. The van der Waals surface area contributed by atoms with E-state index < -0.39 is 120 Å². The molecule has 67 heavy (non-hydrogen) atoms. The normalized spacial score (nSPS) is 21.7. The maximum absolute atomic E-state index is 14.7. The minimum atomic E-state index is -1.72. The molecule has 2 fully saturated rings. The molecule has 2 aliphatic rings. The van der Waals surface area contributed by atoms with Crippen LogP contribution in [0.4, 0.5) is 0 Å². The first kappa shape index (κ1) is 56.1. The number of benzene rings is 1. The van der Waals surface area contributed by atoms with E-state index in [1.165, 1.54) is 45.1 Å². The fourth-order valence-corrected chi connectivity index (χ4v) is 8.95. The molecule has 2 saturated heterocycles. The molecule has 0 saturated carbocycles. The van der Waals surface area contributed by atoms with E-state index in [0.717, 1.165) is 17.9 Å². The van der Waals surface area contributed by atoms with Crippen LogP contribution in [0.2, 0.25) is 10.0 Å². The Labute approximate surface area is 400 Å². The van der Waals surface area contributed by atoms with Crippen molar-refractivity contribution in [3.05, 3.63) is 33.5 Å². The Hall–Kier alpha value is -5.18. The number of hydrogen-bond donors (Lipinski definition) is 6. The molecule has 374 valence electrons. The number of likely N-dealkylation sites (tertiary alicyclic amines) is 2. The summed E-state index contributed by atoms with van der Waals surface area (Å²) in [5, 5.41) is 40.8. The van der Waals surface area contributed by atoms with Gasteiger partial charge in [-0.2, -0.15) is 0 Å². The molecule has 6 N–H and O–H groups in total. The molecule has 0 aromatic heterocycles. The number of hydrogen-bond acceptors (Lipinski definition) is 14. The van der Waals surface area contributed by atoms with Gasteiger partial charge in [0.2, 0.25) is 23.6 Å². The first-order valence-electron chi connectivity index (χ1n) is 22.1. The van der Waals surface area contributed by atoms with Crippen LogP contribution in [-0.4, -0.2) is 152 Å². The number of carbonyl (C=O) groups is 8. The smallest absolute Gasteiger partial charge is 0.328 e.